The zero-order valence-corrected chi connectivity index (χ0v) is 12.4. The molecule has 0 spiro atoms. The minimum atomic E-state index is 0.645. The summed E-state index contributed by atoms with van der Waals surface area (Å²) in [6, 6.07) is 5.24. The first-order valence-corrected chi connectivity index (χ1v) is 7.42. The van der Waals surface area contributed by atoms with Crippen molar-refractivity contribution < 1.29 is 0 Å². The molecule has 0 bridgehead atoms. The Hall–Kier alpha value is -1.44. The molecule has 0 amide bonds. The number of anilines is 2. The Balaban J connectivity index is 2.05. The van der Waals surface area contributed by atoms with Crippen molar-refractivity contribution in [1.82, 2.24) is 0 Å². The Morgan fingerprint density at radius 2 is 1.79 bits per heavy atom. The molecule has 1 aromatic carbocycles. The molecule has 0 aromatic heterocycles. The largest absolute Gasteiger partial charge is 0.329 e. The number of hydrogen-bond donors (Lipinski definition) is 0. The second-order valence-electron chi connectivity index (χ2n) is 6.09. The van der Waals surface area contributed by atoms with Gasteiger partial charge < -0.3 is 9.80 Å². The van der Waals surface area contributed by atoms with E-state index in [2.05, 4.69) is 49.4 Å². The summed E-state index contributed by atoms with van der Waals surface area (Å²) in [4.78, 5) is 4.76. The fourth-order valence-electron chi connectivity index (χ4n) is 3.73. The van der Waals surface area contributed by atoms with Crippen molar-refractivity contribution in [2.75, 3.05) is 16.8 Å². The molecule has 1 aliphatic heterocycles. The van der Waals surface area contributed by atoms with Crippen LogP contribution in [-0.4, -0.2) is 13.1 Å². The van der Waals surface area contributed by atoms with Crippen LogP contribution in [0.3, 0.4) is 0 Å². The fraction of sp³-hybridized carbons (Fsp3) is 0.529. The Kier molecular flexibility index (Phi) is 3.04. The van der Waals surface area contributed by atoms with Crippen LogP contribution in [0.4, 0.5) is 11.4 Å². The lowest BCUT2D eigenvalue weighted by molar-refractivity contribution is 0.430. The summed E-state index contributed by atoms with van der Waals surface area (Å²) in [6.45, 7) is 8.73. The average Bonchev–Trinajstić information content (AvgIpc) is 2.63. The van der Waals surface area contributed by atoms with E-state index in [-0.39, 0.29) is 0 Å². The van der Waals surface area contributed by atoms with Gasteiger partial charge in [0.05, 0.1) is 11.4 Å². The van der Waals surface area contributed by atoms with E-state index in [9.17, 15) is 0 Å². The van der Waals surface area contributed by atoms with Crippen molar-refractivity contribution in [2.45, 2.75) is 52.0 Å². The van der Waals surface area contributed by atoms with Crippen LogP contribution in [0.1, 0.15) is 43.2 Å². The summed E-state index contributed by atoms with van der Waals surface area (Å²) in [5.74, 6) is 1.15. The van der Waals surface area contributed by atoms with Gasteiger partial charge in [0.15, 0.2) is 0 Å². The summed E-state index contributed by atoms with van der Waals surface area (Å²) in [6.07, 6.45) is 6.72. The molecule has 3 rings (SSSR count). The molecule has 0 radical (unpaired) electrons. The van der Waals surface area contributed by atoms with Gasteiger partial charge in [0.25, 0.3) is 0 Å². The Bertz CT molecular complexity index is 512. The topological polar surface area (TPSA) is 6.48 Å². The van der Waals surface area contributed by atoms with Crippen molar-refractivity contribution in [3.05, 3.63) is 35.7 Å². The molecule has 0 atom stereocenters. The van der Waals surface area contributed by atoms with Crippen molar-refractivity contribution in [3.8, 4) is 0 Å². The first kappa shape index (κ1) is 12.6. The SMILES string of the molecule is C=C1N(C)c2c(C)cc(C)cc2N1C1CCCCC1. The van der Waals surface area contributed by atoms with Gasteiger partial charge in [-0.2, -0.15) is 0 Å². The van der Waals surface area contributed by atoms with E-state index in [1.54, 1.807) is 0 Å². The molecule has 102 valence electrons. The highest BCUT2D eigenvalue weighted by Crippen LogP contribution is 2.45. The highest BCUT2D eigenvalue weighted by atomic mass is 15.4. The molecule has 1 aromatic rings. The van der Waals surface area contributed by atoms with E-state index in [0.717, 1.165) is 5.82 Å². The van der Waals surface area contributed by atoms with Gasteiger partial charge in [-0.1, -0.05) is 31.9 Å². The fourth-order valence-corrected chi connectivity index (χ4v) is 3.73. The molecule has 1 fully saturated rings. The lowest BCUT2D eigenvalue weighted by atomic mass is 9.94. The molecule has 2 aliphatic rings. The summed E-state index contributed by atoms with van der Waals surface area (Å²) < 4.78 is 0. The molecular weight excluding hydrogens is 232 g/mol. The van der Waals surface area contributed by atoms with Crippen molar-refractivity contribution >= 4 is 11.4 Å². The van der Waals surface area contributed by atoms with Gasteiger partial charge in [0.1, 0.15) is 5.82 Å². The van der Waals surface area contributed by atoms with Crippen LogP contribution < -0.4 is 9.80 Å². The highest BCUT2D eigenvalue weighted by Gasteiger charge is 2.34. The van der Waals surface area contributed by atoms with Gasteiger partial charge >= 0.3 is 0 Å². The Morgan fingerprint density at radius 1 is 1.11 bits per heavy atom. The third-order valence-electron chi connectivity index (χ3n) is 4.62. The smallest absolute Gasteiger partial charge is 0.106 e. The second-order valence-corrected chi connectivity index (χ2v) is 6.09. The van der Waals surface area contributed by atoms with Gasteiger partial charge in [-0.3, -0.25) is 0 Å². The molecule has 1 heterocycles. The van der Waals surface area contributed by atoms with Crippen LogP contribution in [0.25, 0.3) is 0 Å². The van der Waals surface area contributed by atoms with Crippen LogP contribution in [-0.2, 0) is 0 Å². The van der Waals surface area contributed by atoms with Crippen molar-refractivity contribution in [3.63, 3.8) is 0 Å². The number of nitrogens with zero attached hydrogens (tertiary/aromatic N) is 2. The van der Waals surface area contributed by atoms with Crippen molar-refractivity contribution in [2.24, 2.45) is 0 Å². The number of aryl methyl sites for hydroxylation is 2. The number of rotatable bonds is 1. The van der Waals surface area contributed by atoms with Gasteiger partial charge in [-0.15, -0.1) is 0 Å². The summed E-state index contributed by atoms with van der Waals surface area (Å²) in [7, 11) is 2.15. The van der Waals surface area contributed by atoms with Crippen LogP contribution in [0.2, 0.25) is 0 Å². The predicted molar refractivity (Wildman–Crippen MR) is 82.8 cm³/mol. The Morgan fingerprint density at radius 3 is 2.47 bits per heavy atom. The first-order chi connectivity index (χ1) is 9.09. The predicted octanol–water partition coefficient (Wildman–Crippen LogP) is 4.36. The van der Waals surface area contributed by atoms with E-state index in [0.29, 0.717) is 6.04 Å². The third-order valence-corrected chi connectivity index (χ3v) is 4.62. The quantitative estimate of drug-likeness (QED) is 0.736. The molecule has 0 unspecified atom stereocenters. The number of hydrogen-bond acceptors (Lipinski definition) is 2. The van der Waals surface area contributed by atoms with E-state index < -0.39 is 0 Å². The maximum absolute atomic E-state index is 4.33. The van der Waals surface area contributed by atoms with Gasteiger partial charge in [-0.25, -0.2) is 0 Å². The standard InChI is InChI=1S/C17H24N2/c1-12-10-13(2)17-16(11-12)19(14(3)18(17)4)15-8-6-5-7-9-15/h10-11,15H,3,5-9H2,1-2,4H3. The highest BCUT2D eigenvalue weighted by molar-refractivity contribution is 5.85. The van der Waals surface area contributed by atoms with Crippen LogP contribution in [0.5, 0.6) is 0 Å². The number of benzene rings is 1. The Labute approximate surface area is 116 Å². The molecule has 19 heavy (non-hydrogen) atoms. The zero-order valence-electron chi connectivity index (χ0n) is 12.4. The third kappa shape index (κ3) is 1.94. The van der Waals surface area contributed by atoms with E-state index in [4.69, 9.17) is 0 Å². The summed E-state index contributed by atoms with van der Waals surface area (Å²) in [5, 5.41) is 0. The molecule has 0 saturated heterocycles. The van der Waals surface area contributed by atoms with Gasteiger partial charge in [0, 0.05) is 13.1 Å². The lowest BCUT2D eigenvalue weighted by Gasteiger charge is -2.34. The minimum Gasteiger partial charge on any atom is -0.329 e. The zero-order chi connectivity index (χ0) is 13.6. The maximum atomic E-state index is 4.33. The molecule has 0 N–H and O–H groups in total. The summed E-state index contributed by atoms with van der Waals surface area (Å²) in [5.41, 5.74) is 5.43. The van der Waals surface area contributed by atoms with E-state index in [1.165, 1.54) is 54.6 Å². The van der Waals surface area contributed by atoms with E-state index in [1.807, 2.05) is 0 Å². The molecule has 2 nitrogen and oxygen atoms in total. The van der Waals surface area contributed by atoms with Crippen LogP contribution in [0.15, 0.2) is 24.5 Å². The number of fused-ring (bicyclic) bond motifs is 1. The van der Waals surface area contributed by atoms with Crippen LogP contribution in [0, 0.1) is 13.8 Å². The molecule has 1 saturated carbocycles. The van der Waals surface area contributed by atoms with Gasteiger partial charge in [-0.05, 0) is 43.9 Å². The maximum Gasteiger partial charge on any atom is 0.106 e. The first-order valence-electron chi connectivity index (χ1n) is 7.42. The summed E-state index contributed by atoms with van der Waals surface area (Å²) >= 11 is 0. The van der Waals surface area contributed by atoms with Crippen molar-refractivity contribution in [1.29, 1.82) is 0 Å². The monoisotopic (exact) mass is 256 g/mol. The molecular formula is C17H24N2. The molecule has 1 aliphatic carbocycles. The lowest BCUT2D eigenvalue weighted by Crippen LogP contribution is -2.36. The minimum absolute atomic E-state index is 0.645. The molecule has 2 heteroatoms. The average molecular weight is 256 g/mol. The van der Waals surface area contributed by atoms with Crippen LogP contribution >= 0.6 is 0 Å². The van der Waals surface area contributed by atoms with Gasteiger partial charge in [0.2, 0.25) is 0 Å². The van der Waals surface area contributed by atoms with E-state index >= 15 is 0 Å². The normalized spacial score (nSPS) is 20.1. The second kappa shape index (κ2) is 4.59.